The zero-order chi connectivity index (χ0) is 15.1. The summed E-state index contributed by atoms with van der Waals surface area (Å²) in [6.45, 7) is 2.89. The van der Waals surface area contributed by atoms with E-state index in [0.29, 0.717) is 6.04 Å². The van der Waals surface area contributed by atoms with E-state index in [1.54, 1.807) is 6.20 Å². The first kappa shape index (κ1) is 13.0. The summed E-state index contributed by atoms with van der Waals surface area (Å²) < 4.78 is 2.11. The highest BCUT2D eigenvalue weighted by molar-refractivity contribution is 5.77. The fourth-order valence-corrected chi connectivity index (χ4v) is 3.37. The van der Waals surface area contributed by atoms with E-state index in [1.807, 2.05) is 18.5 Å². The highest BCUT2D eigenvalue weighted by atomic mass is 15.3. The van der Waals surface area contributed by atoms with Gasteiger partial charge in [0, 0.05) is 23.7 Å². The van der Waals surface area contributed by atoms with E-state index in [0.717, 1.165) is 42.0 Å². The Bertz CT molecular complexity index is 871. The zero-order valence-corrected chi connectivity index (χ0v) is 12.2. The minimum Gasteiger partial charge on any atom is -0.353 e. The highest BCUT2D eigenvalue weighted by Crippen LogP contribution is 2.31. The van der Waals surface area contributed by atoms with Crippen molar-refractivity contribution in [2.24, 2.45) is 5.11 Å². The van der Waals surface area contributed by atoms with Crippen molar-refractivity contribution in [1.82, 2.24) is 19.4 Å². The van der Waals surface area contributed by atoms with Crippen LogP contribution in [0.15, 0.2) is 29.8 Å². The van der Waals surface area contributed by atoms with Gasteiger partial charge in [-0.25, -0.2) is 9.97 Å². The number of hydrogen-bond acceptors (Lipinski definition) is 4. The second-order valence-corrected chi connectivity index (χ2v) is 5.59. The van der Waals surface area contributed by atoms with Crippen LogP contribution in [0.3, 0.4) is 0 Å². The minimum absolute atomic E-state index is 0.0176. The lowest BCUT2D eigenvalue weighted by molar-refractivity contribution is 0.620. The van der Waals surface area contributed by atoms with Crippen molar-refractivity contribution in [3.63, 3.8) is 0 Å². The molecule has 0 aromatic carbocycles. The zero-order valence-electron chi connectivity index (χ0n) is 12.2. The topological polar surface area (TPSA) is 98.0 Å². The number of nitrogens with one attached hydrogen (secondary N) is 1. The fraction of sp³-hybridized carbons (Fsp3) is 0.429. The molecule has 8 nitrogen and oxygen atoms in total. The Morgan fingerprint density at radius 2 is 2.36 bits per heavy atom. The van der Waals surface area contributed by atoms with Crippen LogP contribution in [-0.4, -0.2) is 38.0 Å². The van der Waals surface area contributed by atoms with Crippen molar-refractivity contribution in [1.29, 1.82) is 0 Å². The lowest BCUT2D eigenvalue weighted by Gasteiger charge is -2.25. The number of aromatic amines is 1. The maximum Gasteiger partial charge on any atom is 0.157 e. The van der Waals surface area contributed by atoms with Gasteiger partial charge in [-0.05, 0) is 24.4 Å². The van der Waals surface area contributed by atoms with E-state index in [-0.39, 0.29) is 6.04 Å². The van der Waals surface area contributed by atoms with Gasteiger partial charge in [0.25, 0.3) is 0 Å². The molecule has 0 aliphatic carbocycles. The van der Waals surface area contributed by atoms with E-state index in [9.17, 15) is 0 Å². The molecule has 0 unspecified atom stereocenters. The van der Waals surface area contributed by atoms with Crippen LogP contribution in [0.4, 0.5) is 5.82 Å². The Morgan fingerprint density at radius 3 is 3.18 bits per heavy atom. The predicted molar refractivity (Wildman–Crippen MR) is 83.8 cm³/mol. The van der Waals surface area contributed by atoms with Gasteiger partial charge < -0.3 is 9.88 Å². The van der Waals surface area contributed by atoms with Crippen LogP contribution in [-0.2, 0) is 0 Å². The summed E-state index contributed by atoms with van der Waals surface area (Å²) in [7, 11) is 0. The van der Waals surface area contributed by atoms with Crippen LogP contribution in [0.1, 0.15) is 19.8 Å². The van der Waals surface area contributed by atoms with Gasteiger partial charge in [-0.1, -0.05) is 12.0 Å². The number of hydrogen-bond donors (Lipinski definition) is 1. The maximum atomic E-state index is 8.70. The third-order valence-electron chi connectivity index (χ3n) is 4.40. The van der Waals surface area contributed by atoms with Crippen molar-refractivity contribution < 1.29 is 0 Å². The smallest absolute Gasteiger partial charge is 0.157 e. The van der Waals surface area contributed by atoms with E-state index >= 15 is 0 Å². The van der Waals surface area contributed by atoms with Crippen molar-refractivity contribution in [2.45, 2.75) is 31.8 Å². The second kappa shape index (κ2) is 4.92. The van der Waals surface area contributed by atoms with E-state index in [2.05, 4.69) is 41.2 Å². The summed E-state index contributed by atoms with van der Waals surface area (Å²) in [6, 6.07) is 2.38. The average Bonchev–Trinajstić information content (AvgIpc) is 3.23. The summed E-state index contributed by atoms with van der Waals surface area (Å²) in [4.78, 5) is 17.2. The molecule has 22 heavy (non-hydrogen) atoms. The minimum atomic E-state index is 0.0176. The highest BCUT2D eigenvalue weighted by Gasteiger charge is 2.32. The molecule has 0 saturated carbocycles. The fourth-order valence-electron chi connectivity index (χ4n) is 3.37. The monoisotopic (exact) mass is 296 g/mol. The van der Waals surface area contributed by atoms with Crippen molar-refractivity contribution in [3.8, 4) is 0 Å². The molecule has 2 atom stereocenters. The molecule has 0 radical (unpaired) electrons. The van der Waals surface area contributed by atoms with Gasteiger partial charge in [0.05, 0.1) is 24.0 Å². The number of H-pyrrole nitrogens is 1. The number of azide groups is 1. The first-order valence-corrected chi connectivity index (χ1v) is 7.42. The first-order chi connectivity index (χ1) is 10.8. The van der Waals surface area contributed by atoms with Crippen LogP contribution in [0, 0.1) is 0 Å². The predicted octanol–water partition coefficient (Wildman–Crippen LogP) is 2.88. The molecule has 4 heterocycles. The van der Waals surface area contributed by atoms with Gasteiger partial charge in [0.15, 0.2) is 11.3 Å². The number of nitrogens with zero attached hydrogens (tertiary/aromatic N) is 7. The molecule has 8 heteroatoms. The molecule has 0 amide bonds. The molecule has 0 spiro atoms. The molecular formula is C14H16N8. The van der Waals surface area contributed by atoms with Crippen molar-refractivity contribution in [3.05, 3.63) is 35.1 Å². The Labute approximate surface area is 126 Å². The Morgan fingerprint density at radius 1 is 1.45 bits per heavy atom. The summed E-state index contributed by atoms with van der Waals surface area (Å²) in [5.74, 6) is 1.03. The average molecular weight is 296 g/mol. The largest absolute Gasteiger partial charge is 0.353 e. The number of fused-ring (bicyclic) bond motifs is 3. The normalized spacial score (nSPS) is 21.6. The molecule has 3 aromatic rings. The number of rotatable bonds is 3. The first-order valence-electron chi connectivity index (χ1n) is 7.42. The second-order valence-electron chi connectivity index (χ2n) is 5.59. The van der Waals surface area contributed by atoms with Gasteiger partial charge in [-0.3, -0.25) is 4.40 Å². The number of aromatic nitrogens is 4. The van der Waals surface area contributed by atoms with E-state index in [4.69, 9.17) is 5.53 Å². The summed E-state index contributed by atoms with van der Waals surface area (Å²) in [5.41, 5.74) is 11.4. The summed E-state index contributed by atoms with van der Waals surface area (Å²) >= 11 is 0. The van der Waals surface area contributed by atoms with Crippen LogP contribution in [0.5, 0.6) is 0 Å². The molecule has 1 N–H and O–H groups in total. The van der Waals surface area contributed by atoms with Crippen LogP contribution >= 0.6 is 0 Å². The van der Waals surface area contributed by atoms with Crippen molar-refractivity contribution >= 4 is 22.6 Å². The number of imidazole rings is 1. The molecule has 1 fully saturated rings. The molecule has 4 rings (SSSR count). The molecule has 1 saturated heterocycles. The maximum absolute atomic E-state index is 8.70. The van der Waals surface area contributed by atoms with Crippen LogP contribution in [0.25, 0.3) is 27.3 Å². The molecule has 1 aliphatic heterocycles. The Kier molecular flexibility index (Phi) is 2.90. The third kappa shape index (κ3) is 1.81. The van der Waals surface area contributed by atoms with Crippen molar-refractivity contribution in [2.75, 3.05) is 11.4 Å². The molecule has 3 aromatic heterocycles. The molecule has 112 valence electrons. The van der Waals surface area contributed by atoms with Gasteiger partial charge in [-0.2, -0.15) is 0 Å². The molecular weight excluding hydrogens is 280 g/mol. The number of anilines is 1. The van der Waals surface area contributed by atoms with E-state index < -0.39 is 0 Å². The molecule has 0 bridgehead atoms. The Balaban J connectivity index is 1.86. The van der Waals surface area contributed by atoms with E-state index in [1.165, 1.54) is 0 Å². The quantitative estimate of drug-likeness (QED) is 0.457. The SMILES string of the molecule is CC[C@@H]1C[C@H](N=[N+]=[N-])CN1c1cnc2cnc3[nH]ccc3n12. The van der Waals surface area contributed by atoms with Crippen LogP contribution < -0.4 is 4.90 Å². The van der Waals surface area contributed by atoms with Gasteiger partial charge in [0.2, 0.25) is 0 Å². The third-order valence-corrected chi connectivity index (χ3v) is 4.40. The molecule has 1 aliphatic rings. The summed E-state index contributed by atoms with van der Waals surface area (Å²) in [6.07, 6.45) is 7.42. The van der Waals surface area contributed by atoms with Crippen LogP contribution in [0.2, 0.25) is 0 Å². The standard InChI is InChI=1S/C14H16N8/c1-2-10-5-9(19-20-15)8-21(10)13-7-17-12-6-18-14-11(22(12)13)3-4-16-14/h3-4,6-7,9-10,16H,2,5,8H2,1H3/t9-,10+/m0/s1. The summed E-state index contributed by atoms with van der Waals surface area (Å²) in [5, 5.41) is 3.91. The van der Waals surface area contributed by atoms with Gasteiger partial charge >= 0.3 is 0 Å². The van der Waals surface area contributed by atoms with Gasteiger partial charge in [0.1, 0.15) is 5.82 Å². The Hall–Kier alpha value is -2.73. The van der Waals surface area contributed by atoms with Gasteiger partial charge in [-0.15, -0.1) is 0 Å². The lowest BCUT2D eigenvalue weighted by atomic mass is 10.1. The lowest BCUT2D eigenvalue weighted by Crippen LogP contribution is -2.30.